The van der Waals surface area contributed by atoms with E-state index in [9.17, 15) is 13.9 Å². The van der Waals surface area contributed by atoms with Crippen molar-refractivity contribution in [2.75, 3.05) is 20.2 Å². The van der Waals surface area contributed by atoms with E-state index >= 15 is 0 Å². The van der Waals surface area contributed by atoms with Crippen molar-refractivity contribution >= 4 is 41.4 Å². The molecule has 1 aliphatic heterocycles. The van der Waals surface area contributed by atoms with Crippen molar-refractivity contribution in [1.82, 2.24) is 18.8 Å². The molecule has 4 aromatic rings. The van der Waals surface area contributed by atoms with Crippen LogP contribution in [0.5, 0.6) is 0 Å². The molecule has 1 saturated heterocycles. The van der Waals surface area contributed by atoms with Gasteiger partial charge >= 0.3 is 0 Å². The summed E-state index contributed by atoms with van der Waals surface area (Å²) in [6, 6.07) is 13.7. The maximum Gasteiger partial charge on any atom is 0.280 e. The van der Waals surface area contributed by atoms with Crippen molar-refractivity contribution in [1.29, 1.82) is 0 Å². The van der Waals surface area contributed by atoms with Crippen LogP contribution in [0.2, 0.25) is 0 Å². The first kappa shape index (κ1) is 26.5. The first-order valence-corrected chi connectivity index (χ1v) is 15.4. The van der Waals surface area contributed by atoms with E-state index in [4.69, 9.17) is 9.72 Å². The summed E-state index contributed by atoms with van der Waals surface area (Å²) in [5.74, 6) is 0. The van der Waals surface area contributed by atoms with Crippen molar-refractivity contribution in [3.05, 3.63) is 71.8 Å². The van der Waals surface area contributed by atoms with Gasteiger partial charge in [0.25, 0.3) is 6.43 Å². The van der Waals surface area contributed by atoms with E-state index in [2.05, 4.69) is 61.4 Å². The molecule has 5 rings (SSSR count). The summed E-state index contributed by atoms with van der Waals surface area (Å²) in [6.07, 6.45) is 2.26. The number of alkyl halides is 2. The van der Waals surface area contributed by atoms with Gasteiger partial charge in [0.1, 0.15) is 5.69 Å². The first-order valence-electron chi connectivity index (χ1n) is 12.0. The molecule has 4 heterocycles. The maximum atomic E-state index is 13.5. The molecule has 1 fully saturated rings. The molecule has 1 aromatic carbocycles. The molecule has 0 saturated carbocycles. The molecule has 0 aliphatic carbocycles. The lowest BCUT2D eigenvalue weighted by molar-refractivity contribution is 0.0668. The number of rotatable bonds is 8. The topological polar surface area (TPSA) is 63.4 Å². The van der Waals surface area contributed by atoms with Gasteiger partial charge in [0.15, 0.2) is 5.65 Å². The number of benzene rings is 1. The number of methoxy groups -OCH3 is 1. The van der Waals surface area contributed by atoms with Gasteiger partial charge in [-0.25, -0.2) is 13.8 Å². The summed E-state index contributed by atoms with van der Waals surface area (Å²) in [6.45, 7) is 2.83. The molecule has 0 bridgehead atoms. The van der Waals surface area contributed by atoms with Crippen LogP contribution in [-0.4, -0.2) is 50.3 Å². The van der Waals surface area contributed by atoms with Gasteiger partial charge in [0.05, 0.1) is 18.4 Å². The first-order chi connectivity index (χ1) is 18.0. The molecule has 1 aliphatic rings. The standard InChI is InChI=1S/C27H27F2IN4O2S/c1-36-16-24-25(19-8-9-31-23(12-19)26(28)29)22-11-20(13-32-27(22)34(24)37-30)18-6-4-17(5-7-18)14-33-10-2-3-21(35)15-33/h4-9,11-13,21,26,35H,2-3,10,14-16H2,1H3. The Hall–Kier alpha value is -2.12. The van der Waals surface area contributed by atoms with Crippen LogP contribution in [0.25, 0.3) is 33.3 Å². The summed E-state index contributed by atoms with van der Waals surface area (Å²) in [5.41, 5.74) is 5.98. The van der Waals surface area contributed by atoms with E-state index < -0.39 is 6.43 Å². The van der Waals surface area contributed by atoms with Gasteiger partial charge in [-0.05, 0) is 54.3 Å². The molecule has 37 heavy (non-hydrogen) atoms. The Morgan fingerprint density at radius 1 is 1.14 bits per heavy atom. The number of aromatic nitrogens is 3. The zero-order valence-corrected chi connectivity index (χ0v) is 23.3. The molecule has 194 valence electrons. The number of aliphatic hydroxyl groups is 1. The maximum absolute atomic E-state index is 13.5. The third-order valence-electron chi connectivity index (χ3n) is 6.68. The number of fused-ring (bicyclic) bond motifs is 1. The number of hydrogen-bond donors (Lipinski definition) is 1. The fourth-order valence-electron chi connectivity index (χ4n) is 4.97. The summed E-state index contributed by atoms with van der Waals surface area (Å²) in [7, 11) is 3.09. The third-order valence-corrected chi connectivity index (χ3v) is 8.39. The lowest BCUT2D eigenvalue weighted by Crippen LogP contribution is -2.37. The number of β-amino-alcohol motifs (C(OH)–C–C–N with tert-alkyl or cyclic N) is 1. The van der Waals surface area contributed by atoms with Gasteiger partial charge < -0.3 is 9.84 Å². The lowest BCUT2D eigenvalue weighted by Gasteiger charge is -2.29. The van der Waals surface area contributed by atoms with Gasteiger partial charge in [-0.2, -0.15) is 0 Å². The quantitative estimate of drug-likeness (QED) is 0.219. The molecule has 0 amide bonds. The van der Waals surface area contributed by atoms with Crippen LogP contribution in [0, 0.1) is 0 Å². The highest BCUT2D eigenvalue weighted by Gasteiger charge is 2.22. The molecular weight excluding hydrogens is 609 g/mol. The van der Waals surface area contributed by atoms with Crippen LogP contribution in [-0.2, 0) is 17.9 Å². The Morgan fingerprint density at radius 3 is 2.65 bits per heavy atom. The average Bonchev–Trinajstić information content (AvgIpc) is 3.21. The summed E-state index contributed by atoms with van der Waals surface area (Å²) in [4.78, 5) is 10.9. The highest BCUT2D eigenvalue weighted by Crippen LogP contribution is 2.40. The normalized spacial score (nSPS) is 16.6. The number of aliphatic hydroxyl groups excluding tert-OH is 1. The van der Waals surface area contributed by atoms with Gasteiger partial charge in [-0.1, -0.05) is 24.3 Å². The molecule has 3 aromatic heterocycles. The minimum Gasteiger partial charge on any atom is -0.392 e. The van der Waals surface area contributed by atoms with Crippen LogP contribution in [0.3, 0.4) is 0 Å². The number of hydrogen-bond acceptors (Lipinski definition) is 6. The predicted octanol–water partition coefficient (Wildman–Crippen LogP) is 6.65. The van der Waals surface area contributed by atoms with Crippen LogP contribution in [0.15, 0.2) is 54.9 Å². The molecular formula is C27H27F2IN4O2S. The molecule has 6 nitrogen and oxygen atoms in total. The molecule has 1 N–H and O–H groups in total. The Bertz CT molecular complexity index is 1380. The highest BCUT2D eigenvalue weighted by molar-refractivity contribution is 14.2. The van der Waals surface area contributed by atoms with E-state index in [1.807, 2.05) is 10.2 Å². The number of halogens is 3. The van der Waals surface area contributed by atoms with E-state index in [-0.39, 0.29) is 11.8 Å². The number of likely N-dealkylation sites (tertiary alicyclic amines) is 1. The van der Waals surface area contributed by atoms with Gasteiger partial charge in [0, 0.05) is 79.4 Å². The fourth-order valence-corrected chi connectivity index (χ4v) is 6.68. The highest BCUT2D eigenvalue weighted by atomic mass is 127. The average molecular weight is 637 g/mol. The second-order valence-corrected chi connectivity index (χ2v) is 10.9. The Morgan fingerprint density at radius 2 is 1.95 bits per heavy atom. The number of nitrogens with zero attached hydrogens (tertiary/aromatic N) is 4. The molecule has 1 atom stereocenters. The van der Waals surface area contributed by atoms with Crippen molar-refractivity contribution in [3.8, 4) is 22.3 Å². The molecule has 1 unspecified atom stereocenters. The van der Waals surface area contributed by atoms with Gasteiger partial charge in [-0.3, -0.25) is 13.9 Å². The zero-order chi connectivity index (χ0) is 25.9. The van der Waals surface area contributed by atoms with Crippen LogP contribution in [0.4, 0.5) is 8.78 Å². The summed E-state index contributed by atoms with van der Waals surface area (Å²) < 4.78 is 34.4. The predicted molar refractivity (Wildman–Crippen MR) is 152 cm³/mol. The number of ether oxygens (including phenoxy) is 1. The summed E-state index contributed by atoms with van der Waals surface area (Å²) >= 11 is 2.20. The number of pyridine rings is 2. The van der Waals surface area contributed by atoms with E-state index in [0.717, 1.165) is 59.3 Å². The fraction of sp³-hybridized carbons (Fsp3) is 0.333. The second-order valence-electron chi connectivity index (χ2n) is 9.21. The van der Waals surface area contributed by atoms with Crippen molar-refractivity contribution in [3.63, 3.8) is 0 Å². The minimum atomic E-state index is -2.65. The SMILES string of the molecule is COCc1c(-c2ccnc(C(F)F)c2)c2cc(-c3ccc(CN4CCCC(O)C4)cc3)cnc2n1SI. The van der Waals surface area contributed by atoms with Crippen LogP contribution < -0.4 is 0 Å². The smallest absolute Gasteiger partial charge is 0.280 e. The third kappa shape index (κ3) is 5.68. The van der Waals surface area contributed by atoms with Crippen LogP contribution in [0.1, 0.15) is 36.2 Å². The van der Waals surface area contributed by atoms with Gasteiger partial charge in [-0.15, -0.1) is 0 Å². The molecule has 0 spiro atoms. The Kier molecular flexibility index (Phi) is 8.40. The lowest BCUT2D eigenvalue weighted by atomic mass is 9.99. The largest absolute Gasteiger partial charge is 0.392 e. The zero-order valence-electron chi connectivity index (χ0n) is 20.3. The Balaban J connectivity index is 1.54. The minimum absolute atomic E-state index is 0.242. The van der Waals surface area contributed by atoms with E-state index in [0.29, 0.717) is 18.7 Å². The summed E-state index contributed by atoms with van der Waals surface area (Å²) in [5, 5.41) is 10.8. The van der Waals surface area contributed by atoms with Crippen molar-refractivity contribution in [2.45, 2.75) is 38.5 Å². The van der Waals surface area contributed by atoms with Crippen molar-refractivity contribution < 1.29 is 18.6 Å². The van der Waals surface area contributed by atoms with Gasteiger partial charge in [0.2, 0.25) is 0 Å². The van der Waals surface area contributed by atoms with Crippen molar-refractivity contribution in [2.24, 2.45) is 0 Å². The van der Waals surface area contributed by atoms with E-state index in [1.54, 1.807) is 13.2 Å². The molecule has 10 heteroatoms. The Labute approximate surface area is 230 Å². The van der Waals surface area contributed by atoms with E-state index in [1.165, 1.54) is 26.9 Å². The van der Waals surface area contributed by atoms with Crippen LogP contribution >= 0.6 is 30.3 Å². The molecule has 0 radical (unpaired) electrons. The second kappa shape index (κ2) is 11.7. The monoisotopic (exact) mass is 636 g/mol. The number of piperidine rings is 1.